The van der Waals surface area contributed by atoms with Crippen LogP contribution in [0.2, 0.25) is 0 Å². The van der Waals surface area contributed by atoms with Gasteiger partial charge in [0.25, 0.3) is 0 Å². The summed E-state index contributed by atoms with van der Waals surface area (Å²) in [6, 6.07) is 0. The van der Waals surface area contributed by atoms with E-state index in [0.29, 0.717) is 30.5 Å². The van der Waals surface area contributed by atoms with Gasteiger partial charge in [0.05, 0.1) is 30.5 Å². The van der Waals surface area contributed by atoms with Gasteiger partial charge in [-0.3, -0.25) is 0 Å². The molecule has 0 aliphatic carbocycles. The van der Waals surface area contributed by atoms with Crippen LogP contribution in [0.15, 0.2) is 36.1 Å². The Morgan fingerprint density at radius 1 is 1.17 bits per heavy atom. The van der Waals surface area contributed by atoms with E-state index in [1.165, 1.54) is 12.0 Å². The highest BCUT2D eigenvalue weighted by molar-refractivity contribution is 5.18. The topological polar surface area (TPSA) is 60.5 Å². The van der Waals surface area contributed by atoms with Crippen LogP contribution in [0.3, 0.4) is 0 Å². The van der Waals surface area contributed by atoms with Gasteiger partial charge >= 0.3 is 0 Å². The summed E-state index contributed by atoms with van der Waals surface area (Å²) < 4.78 is 23.9. The normalized spacial score (nSPS) is 42.8. The number of methoxy groups -OCH3 is 1. The molecular formula is C25H40O5. The lowest BCUT2D eigenvalue weighted by atomic mass is 9.85. The first kappa shape index (κ1) is 23.5. The number of allylic oxidation sites excluding steroid dienone is 2. The van der Waals surface area contributed by atoms with Gasteiger partial charge in [-0.1, -0.05) is 44.2 Å². The predicted molar refractivity (Wildman–Crippen MR) is 118 cm³/mol. The monoisotopic (exact) mass is 420 g/mol. The van der Waals surface area contributed by atoms with Crippen molar-refractivity contribution in [3.8, 4) is 0 Å². The summed E-state index contributed by atoms with van der Waals surface area (Å²) in [5.41, 5.74) is 1.18. The van der Waals surface area contributed by atoms with Crippen molar-refractivity contribution in [1.29, 1.82) is 0 Å². The number of ether oxygens (including phenoxy) is 4. The zero-order valence-electron chi connectivity index (χ0n) is 19.3. The molecular weight excluding hydrogens is 380 g/mol. The number of epoxide rings is 1. The van der Waals surface area contributed by atoms with Crippen LogP contribution in [0.5, 0.6) is 0 Å². The minimum Gasteiger partial charge on any atom is -0.507 e. The van der Waals surface area contributed by atoms with Gasteiger partial charge in [0.15, 0.2) is 0 Å². The maximum Gasteiger partial charge on any atom is 0.227 e. The van der Waals surface area contributed by atoms with Gasteiger partial charge < -0.3 is 24.1 Å². The third-order valence-corrected chi connectivity index (χ3v) is 7.07. The van der Waals surface area contributed by atoms with Crippen molar-refractivity contribution in [3.05, 3.63) is 36.1 Å². The second-order valence-corrected chi connectivity index (χ2v) is 9.51. The van der Waals surface area contributed by atoms with E-state index >= 15 is 0 Å². The first-order valence-electron chi connectivity index (χ1n) is 11.5. The Kier molecular flexibility index (Phi) is 7.83. The summed E-state index contributed by atoms with van der Waals surface area (Å²) in [5.74, 6) is -0.0259. The number of fused-ring (bicyclic) bond motifs is 1. The molecule has 3 saturated heterocycles. The Labute approximate surface area is 182 Å². The Hall–Kier alpha value is -1.14. The molecule has 0 aromatic rings. The zero-order chi connectivity index (χ0) is 21.9. The maximum absolute atomic E-state index is 10.2. The molecule has 1 N–H and O–H groups in total. The first-order chi connectivity index (χ1) is 14.2. The Bertz CT molecular complexity index is 656. The lowest BCUT2D eigenvalue weighted by molar-refractivity contribution is -0.233. The van der Waals surface area contributed by atoms with Crippen LogP contribution in [0.1, 0.15) is 66.2 Å². The fourth-order valence-electron chi connectivity index (χ4n) is 4.75. The van der Waals surface area contributed by atoms with E-state index in [1.807, 2.05) is 0 Å². The molecule has 3 aliphatic heterocycles. The quantitative estimate of drug-likeness (QED) is 0.351. The van der Waals surface area contributed by atoms with Crippen LogP contribution in [-0.2, 0) is 18.9 Å². The molecule has 3 heterocycles. The molecule has 170 valence electrons. The zero-order valence-corrected chi connectivity index (χ0v) is 19.3. The van der Waals surface area contributed by atoms with Gasteiger partial charge in [0.2, 0.25) is 5.79 Å². The van der Waals surface area contributed by atoms with Gasteiger partial charge in [-0.2, -0.15) is 0 Å². The number of aliphatic hydroxyl groups excluding tert-OH is 1. The first-order valence-corrected chi connectivity index (χ1v) is 11.5. The maximum atomic E-state index is 10.2. The van der Waals surface area contributed by atoms with E-state index in [-0.39, 0.29) is 24.1 Å². The van der Waals surface area contributed by atoms with Gasteiger partial charge in [-0.25, -0.2) is 0 Å². The van der Waals surface area contributed by atoms with E-state index in [1.54, 1.807) is 7.11 Å². The smallest absolute Gasteiger partial charge is 0.227 e. The van der Waals surface area contributed by atoms with E-state index in [9.17, 15) is 5.11 Å². The van der Waals surface area contributed by atoms with Crippen molar-refractivity contribution in [2.24, 2.45) is 11.8 Å². The van der Waals surface area contributed by atoms with Crippen molar-refractivity contribution in [1.82, 2.24) is 0 Å². The Morgan fingerprint density at radius 3 is 2.63 bits per heavy atom. The molecule has 0 aromatic carbocycles. The van der Waals surface area contributed by atoms with Crippen LogP contribution in [0, 0.1) is 11.8 Å². The van der Waals surface area contributed by atoms with Gasteiger partial charge in [-0.15, -0.1) is 0 Å². The minimum atomic E-state index is -1.15. The van der Waals surface area contributed by atoms with Crippen molar-refractivity contribution >= 4 is 0 Å². The minimum absolute atomic E-state index is 0.0704. The SMILES string of the molecule is C=C(O)C1(OC)CCCC2O[C@H]2C[C@@H](/C=C/C(C)=C/C[C@@H]2O[C@H](C)[C@H](C)C[C@@H]2C)O1. The van der Waals surface area contributed by atoms with Crippen LogP contribution in [-0.4, -0.2) is 48.5 Å². The molecule has 30 heavy (non-hydrogen) atoms. The van der Waals surface area contributed by atoms with Gasteiger partial charge in [0, 0.05) is 20.0 Å². The third kappa shape index (κ3) is 5.76. The standard InChI is InChI=1S/C25H40O5/c1-16(10-12-22-18(3)14-17(2)19(4)28-22)9-11-21-15-24-23(29-24)8-7-13-25(27-6,30-21)20(5)26/h9-11,17-19,21-24,26H,5,7-8,12-15H2,1-4,6H3/b11-9+,16-10+/t17-,18+,19-,21-,22+,23?,24+,25?/m1/s1. The van der Waals surface area contributed by atoms with Crippen LogP contribution < -0.4 is 0 Å². The molecule has 5 heteroatoms. The highest BCUT2D eigenvalue weighted by Crippen LogP contribution is 2.39. The molecule has 3 fully saturated rings. The van der Waals surface area contributed by atoms with E-state index in [0.717, 1.165) is 25.7 Å². The molecule has 0 aromatic heterocycles. The molecule has 3 rings (SSSR count). The fourth-order valence-corrected chi connectivity index (χ4v) is 4.75. The molecule has 0 radical (unpaired) electrons. The summed E-state index contributed by atoms with van der Waals surface area (Å²) in [5, 5.41) is 10.2. The molecule has 5 nitrogen and oxygen atoms in total. The Balaban J connectivity index is 1.64. The summed E-state index contributed by atoms with van der Waals surface area (Å²) in [4.78, 5) is 0. The lowest BCUT2D eigenvalue weighted by Gasteiger charge is -2.37. The summed E-state index contributed by atoms with van der Waals surface area (Å²) in [6.45, 7) is 12.6. The lowest BCUT2D eigenvalue weighted by Crippen LogP contribution is -2.40. The van der Waals surface area contributed by atoms with Gasteiger partial charge in [0.1, 0.15) is 5.76 Å². The summed E-state index contributed by atoms with van der Waals surface area (Å²) in [6.07, 6.45) is 12.6. The molecule has 0 saturated carbocycles. The number of aliphatic hydroxyl groups is 1. The van der Waals surface area contributed by atoms with Crippen LogP contribution in [0.4, 0.5) is 0 Å². The Morgan fingerprint density at radius 2 is 1.93 bits per heavy atom. The number of rotatable bonds is 6. The fraction of sp³-hybridized carbons (Fsp3) is 0.760. The van der Waals surface area contributed by atoms with Gasteiger partial charge in [-0.05, 0) is 51.4 Å². The summed E-state index contributed by atoms with van der Waals surface area (Å²) >= 11 is 0. The van der Waals surface area contributed by atoms with E-state index in [2.05, 4.69) is 52.5 Å². The molecule has 0 spiro atoms. The van der Waals surface area contributed by atoms with Crippen LogP contribution >= 0.6 is 0 Å². The van der Waals surface area contributed by atoms with Crippen molar-refractivity contribution in [2.75, 3.05) is 7.11 Å². The highest BCUT2D eigenvalue weighted by Gasteiger charge is 2.45. The van der Waals surface area contributed by atoms with Crippen molar-refractivity contribution < 1.29 is 24.1 Å². The second kappa shape index (κ2) is 9.99. The average Bonchev–Trinajstić information content (AvgIpc) is 3.43. The number of hydrogen-bond donors (Lipinski definition) is 1. The highest BCUT2D eigenvalue weighted by atomic mass is 16.7. The summed E-state index contributed by atoms with van der Waals surface area (Å²) in [7, 11) is 1.57. The van der Waals surface area contributed by atoms with Crippen LogP contribution in [0.25, 0.3) is 0 Å². The van der Waals surface area contributed by atoms with E-state index in [4.69, 9.17) is 18.9 Å². The molecule has 8 atom stereocenters. The predicted octanol–water partition coefficient (Wildman–Crippen LogP) is 5.47. The van der Waals surface area contributed by atoms with Crippen molar-refractivity contribution in [2.45, 2.75) is 103 Å². The molecule has 3 aliphatic rings. The molecule has 0 bridgehead atoms. The second-order valence-electron chi connectivity index (χ2n) is 9.51. The van der Waals surface area contributed by atoms with Crippen molar-refractivity contribution in [3.63, 3.8) is 0 Å². The van der Waals surface area contributed by atoms with E-state index < -0.39 is 5.79 Å². The third-order valence-electron chi connectivity index (χ3n) is 7.07. The average molecular weight is 421 g/mol. The largest absolute Gasteiger partial charge is 0.507 e. The molecule has 2 unspecified atom stereocenters. The number of hydrogen-bond acceptors (Lipinski definition) is 5. The molecule has 0 amide bonds.